The Morgan fingerprint density at radius 2 is 2.24 bits per heavy atom. The molecule has 0 spiro atoms. The van der Waals surface area contributed by atoms with Crippen LogP contribution < -0.4 is 5.73 Å². The van der Waals surface area contributed by atoms with Crippen molar-refractivity contribution >= 4 is 11.4 Å². The first-order valence-corrected chi connectivity index (χ1v) is 5.81. The van der Waals surface area contributed by atoms with Gasteiger partial charge in [0.05, 0.1) is 7.11 Å². The maximum Gasteiger partial charge on any atom is 0.119 e. The first kappa shape index (κ1) is 13.4. The van der Waals surface area contributed by atoms with Gasteiger partial charge in [0.1, 0.15) is 5.76 Å². The Hall–Kier alpha value is -1.70. The highest BCUT2D eigenvalue weighted by Gasteiger charge is 2.12. The van der Waals surface area contributed by atoms with Crippen LogP contribution in [-0.2, 0) is 11.2 Å². The number of hydrogen-bond donors (Lipinski definition) is 1. The average molecular weight is 231 g/mol. The monoisotopic (exact) mass is 231 g/mol. The lowest BCUT2D eigenvalue weighted by Crippen LogP contribution is -2.06. The molecule has 1 unspecified atom stereocenters. The van der Waals surface area contributed by atoms with Gasteiger partial charge < -0.3 is 10.5 Å². The highest BCUT2D eigenvalue weighted by Crippen LogP contribution is 2.27. The van der Waals surface area contributed by atoms with Crippen molar-refractivity contribution in [2.45, 2.75) is 19.8 Å². The third kappa shape index (κ3) is 3.38. The lowest BCUT2D eigenvalue weighted by atomic mass is 9.93. The smallest absolute Gasteiger partial charge is 0.119 e. The van der Waals surface area contributed by atoms with E-state index in [0.717, 1.165) is 29.7 Å². The van der Waals surface area contributed by atoms with E-state index in [1.54, 1.807) is 7.11 Å². The Bertz CT molecular complexity index is 409. The lowest BCUT2D eigenvalue weighted by Gasteiger charge is -2.16. The second kappa shape index (κ2) is 6.14. The molecular formula is C15H21NO. The fourth-order valence-electron chi connectivity index (χ4n) is 1.92. The van der Waals surface area contributed by atoms with Crippen molar-refractivity contribution in [2.75, 3.05) is 12.8 Å². The molecule has 0 bridgehead atoms. The Labute approximate surface area is 104 Å². The molecule has 0 aromatic heterocycles. The van der Waals surface area contributed by atoms with Gasteiger partial charge in [0.25, 0.3) is 0 Å². The number of allylic oxidation sites excluding steroid dienone is 1. The Kier molecular flexibility index (Phi) is 4.83. The zero-order chi connectivity index (χ0) is 12.8. The van der Waals surface area contributed by atoms with E-state index < -0.39 is 0 Å². The number of methoxy groups -OCH3 is 1. The minimum absolute atomic E-state index is 0.514. The molecule has 2 nitrogen and oxygen atoms in total. The van der Waals surface area contributed by atoms with Crippen molar-refractivity contribution in [1.82, 2.24) is 0 Å². The Morgan fingerprint density at radius 3 is 2.82 bits per heavy atom. The van der Waals surface area contributed by atoms with Gasteiger partial charge in [-0.05, 0) is 30.4 Å². The molecule has 0 amide bonds. The summed E-state index contributed by atoms with van der Waals surface area (Å²) in [5.74, 6) is 1.18. The van der Waals surface area contributed by atoms with Gasteiger partial charge in [0, 0.05) is 11.3 Å². The van der Waals surface area contributed by atoms with Crippen molar-refractivity contribution in [3.8, 4) is 0 Å². The predicted molar refractivity (Wildman–Crippen MR) is 74.6 cm³/mol. The molecule has 0 fully saturated rings. The summed E-state index contributed by atoms with van der Waals surface area (Å²) in [5, 5.41) is 0. The predicted octanol–water partition coefficient (Wildman–Crippen LogP) is 3.64. The normalized spacial score (nSPS) is 11.9. The van der Waals surface area contributed by atoms with Gasteiger partial charge in [0.2, 0.25) is 0 Å². The zero-order valence-corrected chi connectivity index (χ0v) is 10.7. The van der Waals surface area contributed by atoms with Crippen LogP contribution in [0.3, 0.4) is 0 Å². The van der Waals surface area contributed by atoms with E-state index in [0.29, 0.717) is 11.7 Å². The number of anilines is 1. The maximum absolute atomic E-state index is 6.04. The molecule has 2 N–H and O–H groups in total. The molecule has 0 radical (unpaired) electrons. The molecule has 2 heteroatoms. The van der Waals surface area contributed by atoms with Crippen LogP contribution in [0.25, 0.3) is 5.76 Å². The zero-order valence-electron chi connectivity index (χ0n) is 10.7. The quantitative estimate of drug-likeness (QED) is 0.461. The van der Waals surface area contributed by atoms with E-state index in [4.69, 9.17) is 10.5 Å². The van der Waals surface area contributed by atoms with Crippen molar-refractivity contribution in [3.63, 3.8) is 0 Å². The molecular weight excluding hydrogens is 210 g/mol. The second-order valence-electron chi connectivity index (χ2n) is 4.33. The summed E-state index contributed by atoms with van der Waals surface area (Å²) in [5.41, 5.74) is 8.96. The summed E-state index contributed by atoms with van der Waals surface area (Å²) in [7, 11) is 1.63. The van der Waals surface area contributed by atoms with Gasteiger partial charge in [-0.2, -0.15) is 0 Å². The molecule has 1 rings (SSSR count). The average Bonchev–Trinajstić information content (AvgIpc) is 2.31. The highest BCUT2D eigenvalue weighted by atomic mass is 16.5. The number of nitrogen functional groups attached to an aromatic ring is 1. The van der Waals surface area contributed by atoms with E-state index in [1.807, 2.05) is 24.3 Å². The van der Waals surface area contributed by atoms with Crippen molar-refractivity contribution in [3.05, 3.63) is 48.6 Å². The topological polar surface area (TPSA) is 35.2 Å². The molecule has 0 aliphatic rings. The van der Waals surface area contributed by atoms with Gasteiger partial charge in [-0.1, -0.05) is 31.7 Å². The Morgan fingerprint density at radius 1 is 1.53 bits per heavy atom. The van der Waals surface area contributed by atoms with Crippen LogP contribution in [0.5, 0.6) is 0 Å². The van der Waals surface area contributed by atoms with Crippen molar-refractivity contribution in [1.29, 1.82) is 0 Å². The second-order valence-corrected chi connectivity index (χ2v) is 4.33. The number of rotatable bonds is 6. The molecule has 92 valence electrons. The van der Waals surface area contributed by atoms with Gasteiger partial charge in [-0.15, -0.1) is 6.58 Å². The third-order valence-corrected chi connectivity index (χ3v) is 2.88. The molecule has 1 atom stereocenters. The summed E-state index contributed by atoms with van der Waals surface area (Å²) in [6.07, 6.45) is 3.83. The van der Waals surface area contributed by atoms with Crippen LogP contribution in [0.1, 0.15) is 24.5 Å². The molecule has 0 aliphatic carbocycles. The molecule has 0 heterocycles. The van der Waals surface area contributed by atoms with Crippen LogP contribution in [0.15, 0.2) is 37.4 Å². The molecule has 17 heavy (non-hydrogen) atoms. The number of hydrogen-bond acceptors (Lipinski definition) is 2. The maximum atomic E-state index is 6.04. The lowest BCUT2D eigenvalue weighted by molar-refractivity contribution is 0.370. The minimum Gasteiger partial charge on any atom is -0.497 e. The molecule has 1 aromatic carbocycles. The fraction of sp³-hybridized carbons (Fsp3) is 0.333. The highest BCUT2D eigenvalue weighted by molar-refractivity contribution is 5.67. The molecule has 0 saturated carbocycles. The summed E-state index contributed by atoms with van der Waals surface area (Å²) in [4.78, 5) is 0. The standard InChI is InChI=1S/C15H21NO/c1-5-7-11(2)10-14-13(12(3)17-4)8-6-9-15(14)16/h5-6,8-9,11H,1,3,7,10,16H2,2,4H3. The fourth-order valence-corrected chi connectivity index (χ4v) is 1.92. The summed E-state index contributed by atoms with van der Waals surface area (Å²) in [6, 6.07) is 5.84. The van der Waals surface area contributed by atoms with Crippen molar-refractivity contribution in [2.24, 2.45) is 5.92 Å². The van der Waals surface area contributed by atoms with Gasteiger partial charge in [0.15, 0.2) is 0 Å². The van der Waals surface area contributed by atoms with E-state index in [1.165, 1.54) is 0 Å². The third-order valence-electron chi connectivity index (χ3n) is 2.88. The van der Waals surface area contributed by atoms with Crippen LogP contribution in [0, 0.1) is 5.92 Å². The van der Waals surface area contributed by atoms with Gasteiger partial charge in [-0.25, -0.2) is 0 Å². The first-order valence-electron chi connectivity index (χ1n) is 5.81. The first-order chi connectivity index (χ1) is 8.10. The van der Waals surface area contributed by atoms with Crippen LogP contribution in [0.4, 0.5) is 5.69 Å². The van der Waals surface area contributed by atoms with Gasteiger partial charge in [-0.3, -0.25) is 0 Å². The summed E-state index contributed by atoms with van der Waals surface area (Å²) >= 11 is 0. The Balaban J connectivity index is 3.03. The largest absolute Gasteiger partial charge is 0.497 e. The van der Waals surface area contributed by atoms with E-state index in [9.17, 15) is 0 Å². The SMILES string of the molecule is C=CCC(C)Cc1c(N)cccc1C(=C)OC. The summed E-state index contributed by atoms with van der Waals surface area (Å²) < 4.78 is 5.20. The number of ether oxygens (including phenoxy) is 1. The molecule has 0 aliphatic heterocycles. The van der Waals surface area contributed by atoms with Gasteiger partial charge >= 0.3 is 0 Å². The van der Waals surface area contributed by atoms with Crippen molar-refractivity contribution < 1.29 is 4.74 Å². The van der Waals surface area contributed by atoms with Crippen LogP contribution in [-0.4, -0.2) is 7.11 Å². The molecule has 0 saturated heterocycles. The number of nitrogens with two attached hydrogens (primary N) is 1. The van der Waals surface area contributed by atoms with E-state index in [2.05, 4.69) is 20.1 Å². The van der Waals surface area contributed by atoms with Crippen LogP contribution >= 0.6 is 0 Å². The molecule has 1 aromatic rings. The van der Waals surface area contributed by atoms with Crippen LogP contribution in [0.2, 0.25) is 0 Å². The summed E-state index contributed by atoms with van der Waals surface area (Å²) in [6.45, 7) is 9.85. The minimum atomic E-state index is 0.514. The van der Waals surface area contributed by atoms with E-state index >= 15 is 0 Å². The number of benzene rings is 1. The van der Waals surface area contributed by atoms with E-state index in [-0.39, 0.29) is 0 Å².